The molecule has 0 saturated carbocycles. The summed E-state index contributed by atoms with van der Waals surface area (Å²) >= 11 is 0. The highest BCUT2D eigenvalue weighted by atomic mass is 16.5. The van der Waals surface area contributed by atoms with Gasteiger partial charge in [-0.1, -0.05) is 0 Å². The van der Waals surface area contributed by atoms with Gasteiger partial charge in [-0.2, -0.15) is 0 Å². The van der Waals surface area contributed by atoms with Crippen molar-refractivity contribution in [1.29, 1.82) is 0 Å². The largest absolute Gasteiger partial charge is 0.381 e. The van der Waals surface area contributed by atoms with Crippen LogP contribution in [0, 0.1) is 0 Å². The van der Waals surface area contributed by atoms with Gasteiger partial charge in [0.05, 0.1) is 19.2 Å². The van der Waals surface area contributed by atoms with E-state index < -0.39 is 0 Å². The van der Waals surface area contributed by atoms with Gasteiger partial charge in [-0.15, -0.1) is 0 Å². The van der Waals surface area contributed by atoms with Crippen molar-refractivity contribution >= 4 is 5.91 Å². The number of ether oxygens (including phenoxy) is 2. The molecule has 2 fully saturated rings. The molecular weight excluding hydrogens is 244 g/mol. The van der Waals surface area contributed by atoms with Gasteiger partial charge in [0.1, 0.15) is 5.60 Å². The molecule has 2 saturated heterocycles. The summed E-state index contributed by atoms with van der Waals surface area (Å²) in [6.07, 6.45) is 5.36. The summed E-state index contributed by atoms with van der Waals surface area (Å²) in [7, 11) is 1.74. The zero-order chi connectivity index (χ0) is 13.3. The second-order valence-corrected chi connectivity index (χ2v) is 5.28. The number of likely N-dealkylation sites (tertiary alicyclic amines) is 1. The maximum absolute atomic E-state index is 12.2. The molecule has 1 aromatic heterocycles. The number of pyridine rings is 1. The second-order valence-electron chi connectivity index (χ2n) is 5.28. The first kappa shape index (κ1) is 12.6. The first-order valence-corrected chi connectivity index (χ1v) is 6.58. The predicted molar refractivity (Wildman–Crippen MR) is 68.9 cm³/mol. The summed E-state index contributed by atoms with van der Waals surface area (Å²) in [5, 5.41) is 0. The molecule has 5 heteroatoms. The van der Waals surface area contributed by atoms with Crippen LogP contribution in [0.1, 0.15) is 23.2 Å². The molecule has 102 valence electrons. The lowest BCUT2D eigenvalue weighted by molar-refractivity contribution is -0.181. The fourth-order valence-electron chi connectivity index (χ4n) is 2.87. The molecule has 1 spiro atoms. The smallest absolute Gasteiger partial charge is 0.254 e. The zero-order valence-electron chi connectivity index (χ0n) is 11.0. The lowest BCUT2D eigenvalue weighted by Gasteiger charge is -2.52. The molecule has 1 amide bonds. The van der Waals surface area contributed by atoms with Crippen molar-refractivity contribution in [3.8, 4) is 0 Å². The Hall–Kier alpha value is -1.46. The molecule has 3 heterocycles. The minimum atomic E-state index is -0.179. The number of aromatic nitrogens is 1. The van der Waals surface area contributed by atoms with Gasteiger partial charge in [-0.05, 0) is 18.6 Å². The Morgan fingerprint density at radius 2 is 2.21 bits per heavy atom. The zero-order valence-corrected chi connectivity index (χ0v) is 11.0. The van der Waals surface area contributed by atoms with Crippen molar-refractivity contribution in [3.63, 3.8) is 0 Å². The van der Waals surface area contributed by atoms with Gasteiger partial charge < -0.3 is 14.4 Å². The third-order valence-electron chi connectivity index (χ3n) is 3.95. The van der Waals surface area contributed by atoms with Crippen molar-refractivity contribution in [2.24, 2.45) is 0 Å². The number of nitrogens with zero attached hydrogens (tertiary/aromatic N) is 2. The summed E-state index contributed by atoms with van der Waals surface area (Å²) < 4.78 is 11.3. The van der Waals surface area contributed by atoms with Crippen LogP contribution in [0.3, 0.4) is 0 Å². The van der Waals surface area contributed by atoms with Crippen LogP contribution in [0.4, 0.5) is 0 Å². The SMILES string of the molecule is CO[C@@H]1CCOC2(C1)CN(C(=O)c1ccncc1)C2. The third kappa shape index (κ3) is 2.35. The molecule has 19 heavy (non-hydrogen) atoms. The minimum Gasteiger partial charge on any atom is -0.381 e. The van der Waals surface area contributed by atoms with E-state index in [0.29, 0.717) is 18.7 Å². The number of methoxy groups -OCH3 is 1. The van der Waals surface area contributed by atoms with Crippen LogP contribution >= 0.6 is 0 Å². The summed E-state index contributed by atoms with van der Waals surface area (Å²) in [6, 6.07) is 3.49. The first-order valence-electron chi connectivity index (χ1n) is 6.58. The molecule has 2 aliphatic heterocycles. The molecule has 5 nitrogen and oxygen atoms in total. The van der Waals surface area contributed by atoms with Crippen molar-refractivity contribution in [2.45, 2.75) is 24.5 Å². The van der Waals surface area contributed by atoms with E-state index in [9.17, 15) is 4.79 Å². The Labute approximate surface area is 112 Å². The Kier molecular flexibility index (Phi) is 3.24. The molecule has 1 aromatic rings. The van der Waals surface area contributed by atoms with Crippen molar-refractivity contribution in [3.05, 3.63) is 30.1 Å². The summed E-state index contributed by atoms with van der Waals surface area (Å²) in [4.78, 5) is 18.0. The van der Waals surface area contributed by atoms with Gasteiger partial charge in [0.25, 0.3) is 5.91 Å². The fourth-order valence-corrected chi connectivity index (χ4v) is 2.87. The number of amides is 1. The van der Waals surface area contributed by atoms with Crippen molar-refractivity contribution in [2.75, 3.05) is 26.8 Å². The molecule has 1 atom stereocenters. The number of rotatable bonds is 2. The van der Waals surface area contributed by atoms with E-state index in [1.165, 1.54) is 0 Å². The minimum absolute atomic E-state index is 0.0520. The Bertz CT molecular complexity index is 457. The maximum atomic E-state index is 12.2. The Morgan fingerprint density at radius 1 is 1.47 bits per heavy atom. The normalized spacial score (nSPS) is 25.1. The Morgan fingerprint density at radius 3 is 2.89 bits per heavy atom. The molecule has 0 aromatic carbocycles. The van der Waals surface area contributed by atoms with Gasteiger partial charge in [-0.25, -0.2) is 0 Å². The Balaban J connectivity index is 1.62. The van der Waals surface area contributed by atoms with Gasteiger partial charge in [-0.3, -0.25) is 9.78 Å². The molecular formula is C14H18N2O3. The van der Waals surface area contributed by atoms with Crippen LogP contribution in [0.15, 0.2) is 24.5 Å². The van der Waals surface area contributed by atoms with Crippen molar-refractivity contribution < 1.29 is 14.3 Å². The van der Waals surface area contributed by atoms with Crippen LogP contribution < -0.4 is 0 Å². The highest BCUT2D eigenvalue weighted by Gasteiger charge is 2.49. The number of hydrogen-bond acceptors (Lipinski definition) is 4. The van der Waals surface area contributed by atoms with Crippen molar-refractivity contribution in [1.82, 2.24) is 9.88 Å². The lowest BCUT2D eigenvalue weighted by Crippen LogP contribution is -2.67. The number of carbonyl (C=O) groups is 1. The van der Waals surface area contributed by atoms with E-state index >= 15 is 0 Å². The molecule has 0 bridgehead atoms. The summed E-state index contributed by atoms with van der Waals surface area (Å²) in [5.74, 6) is 0.0520. The number of hydrogen-bond donors (Lipinski definition) is 0. The standard InChI is InChI=1S/C14H18N2O3/c1-18-12-4-7-19-14(8-12)9-16(10-14)13(17)11-2-5-15-6-3-11/h2-3,5-6,12H,4,7-10H2,1H3/t12-/m1/s1. The van der Waals surface area contributed by atoms with E-state index in [0.717, 1.165) is 19.4 Å². The number of carbonyl (C=O) groups excluding carboxylic acids is 1. The monoisotopic (exact) mass is 262 g/mol. The third-order valence-corrected chi connectivity index (χ3v) is 3.95. The summed E-state index contributed by atoms with van der Waals surface area (Å²) in [5.41, 5.74) is 0.505. The molecule has 0 N–H and O–H groups in total. The van der Waals surface area contributed by atoms with Gasteiger partial charge in [0.2, 0.25) is 0 Å². The van der Waals surface area contributed by atoms with E-state index in [1.54, 1.807) is 31.6 Å². The molecule has 0 unspecified atom stereocenters. The second kappa shape index (κ2) is 4.90. The predicted octanol–water partition coefficient (Wildman–Crippen LogP) is 1.10. The van der Waals surface area contributed by atoms with Gasteiger partial charge in [0, 0.05) is 38.1 Å². The topological polar surface area (TPSA) is 51.7 Å². The highest BCUT2D eigenvalue weighted by Crippen LogP contribution is 2.35. The average molecular weight is 262 g/mol. The molecule has 0 aliphatic carbocycles. The van der Waals surface area contributed by atoms with E-state index in [2.05, 4.69) is 4.98 Å². The highest BCUT2D eigenvalue weighted by molar-refractivity contribution is 5.94. The lowest BCUT2D eigenvalue weighted by atomic mass is 9.84. The van der Waals surface area contributed by atoms with Crippen LogP contribution in [0.2, 0.25) is 0 Å². The molecule has 3 rings (SSSR count). The van der Waals surface area contributed by atoms with E-state index in [1.807, 2.05) is 4.90 Å². The van der Waals surface area contributed by atoms with Gasteiger partial charge >= 0.3 is 0 Å². The van der Waals surface area contributed by atoms with E-state index in [4.69, 9.17) is 9.47 Å². The maximum Gasteiger partial charge on any atom is 0.254 e. The van der Waals surface area contributed by atoms with E-state index in [-0.39, 0.29) is 17.6 Å². The van der Waals surface area contributed by atoms with Crippen LogP contribution in [-0.4, -0.2) is 54.3 Å². The van der Waals surface area contributed by atoms with Crippen LogP contribution in [0.25, 0.3) is 0 Å². The molecule has 0 radical (unpaired) electrons. The van der Waals surface area contributed by atoms with Crippen LogP contribution in [-0.2, 0) is 9.47 Å². The quantitative estimate of drug-likeness (QED) is 0.801. The summed E-state index contributed by atoms with van der Waals surface area (Å²) in [6.45, 7) is 2.04. The average Bonchev–Trinajstić information content (AvgIpc) is 2.45. The van der Waals surface area contributed by atoms with Gasteiger partial charge in [0.15, 0.2) is 0 Å². The van der Waals surface area contributed by atoms with Crippen LogP contribution in [0.5, 0.6) is 0 Å². The fraction of sp³-hybridized carbons (Fsp3) is 0.571. The first-order chi connectivity index (χ1) is 9.22. The molecule has 2 aliphatic rings.